The number of aryl methyl sites for hydroxylation is 3. The van der Waals surface area contributed by atoms with Crippen LogP contribution in [-0.2, 0) is 25.9 Å². The van der Waals surface area contributed by atoms with Gasteiger partial charge in [-0.3, -0.25) is 4.90 Å². The van der Waals surface area contributed by atoms with Gasteiger partial charge in [0.05, 0.1) is 0 Å². The van der Waals surface area contributed by atoms with Gasteiger partial charge in [-0.05, 0) is 99.2 Å². The molecule has 0 aliphatic carbocycles. The fraction of sp³-hybridized carbons (Fsp3) is 0.421. The zero-order chi connectivity index (χ0) is 27.9. The van der Waals surface area contributed by atoms with Crippen LogP contribution in [0.15, 0.2) is 66.7 Å². The highest BCUT2D eigenvalue weighted by Gasteiger charge is 2.17. The van der Waals surface area contributed by atoms with Crippen molar-refractivity contribution in [1.29, 1.82) is 0 Å². The Kier molecular flexibility index (Phi) is 9.60. The summed E-state index contributed by atoms with van der Waals surface area (Å²) in [4.78, 5) is 2.74. The summed E-state index contributed by atoms with van der Waals surface area (Å²) < 4.78 is 2.31. The Morgan fingerprint density at radius 1 is 0.725 bits per heavy atom. The number of hydrogen-bond acceptors (Lipinski definition) is 1. The average molecular weight is 533 g/mol. The third-order valence-electron chi connectivity index (χ3n) is 9.32. The molecule has 40 heavy (non-hydrogen) atoms. The molecule has 1 aromatic heterocycles. The maximum Gasteiger partial charge on any atom is 0.0418 e. The Morgan fingerprint density at radius 3 is 2.23 bits per heavy atom. The van der Waals surface area contributed by atoms with E-state index in [2.05, 4.69) is 103 Å². The molecule has 5 rings (SSSR count). The molecule has 0 N–H and O–H groups in total. The highest BCUT2D eigenvalue weighted by molar-refractivity contribution is 5.83. The van der Waals surface area contributed by atoms with Crippen LogP contribution in [0.1, 0.15) is 72.8 Å². The summed E-state index contributed by atoms with van der Waals surface area (Å²) in [5.74, 6) is 0.796. The molecule has 3 aromatic carbocycles. The van der Waals surface area contributed by atoms with E-state index in [0.717, 1.165) is 42.5 Å². The summed E-state index contributed by atoms with van der Waals surface area (Å²) in [5, 5.41) is 4.67. The van der Waals surface area contributed by atoms with E-state index in [9.17, 15) is 0 Å². The molecule has 1 atom stereocenters. The monoisotopic (exact) mass is 532 g/mol. The molecule has 0 saturated carbocycles. The van der Waals surface area contributed by atoms with Crippen LogP contribution in [-0.4, -0.2) is 22.6 Å². The van der Waals surface area contributed by atoms with Crippen molar-refractivity contribution >= 4 is 23.9 Å². The summed E-state index contributed by atoms with van der Waals surface area (Å²) in [6.07, 6.45) is 11.4. The second-order valence-corrected chi connectivity index (χ2v) is 12.2. The Bertz CT molecular complexity index is 1460. The van der Waals surface area contributed by atoms with Gasteiger partial charge in [-0.1, -0.05) is 99.2 Å². The van der Waals surface area contributed by atoms with Gasteiger partial charge in [-0.25, -0.2) is 0 Å². The predicted molar refractivity (Wildman–Crippen MR) is 173 cm³/mol. The molecule has 1 unspecified atom stereocenters. The van der Waals surface area contributed by atoms with E-state index in [1.807, 2.05) is 0 Å². The second kappa shape index (κ2) is 13.5. The zero-order valence-electron chi connectivity index (χ0n) is 24.9. The molecule has 1 saturated heterocycles. The van der Waals surface area contributed by atoms with E-state index in [1.165, 1.54) is 91.1 Å². The van der Waals surface area contributed by atoms with Crippen LogP contribution in [0.3, 0.4) is 0 Å². The van der Waals surface area contributed by atoms with E-state index in [4.69, 9.17) is 0 Å². The third kappa shape index (κ3) is 6.96. The fourth-order valence-electron chi connectivity index (χ4n) is 6.68. The highest BCUT2D eigenvalue weighted by Crippen LogP contribution is 2.25. The summed E-state index contributed by atoms with van der Waals surface area (Å²) in [6.45, 7) is 17.8. The van der Waals surface area contributed by atoms with Gasteiger partial charge < -0.3 is 4.57 Å². The highest BCUT2D eigenvalue weighted by atomic mass is 15.1. The maximum atomic E-state index is 4.35. The molecule has 0 spiro atoms. The standard InChI is InChI=1S/C38H48N2/c1-29-14-7-8-17-35(29)26-34-15-6-5-12-23-39(25-22-34)28-36-27-33(21-20-30(36)2)16-11-13-24-40-31(3)37-18-9-10-19-38(37)32(40)4/h7-10,14,17-21,27,34H,3-6,11-13,15-16,22-26,28H2,1-2H3. The first-order chi connectivity index (χ1) is 19.5. The summed E-state index contributed by atoms with van der Waals surface area (Å²) >= 11 is 0. The average Bonchev–Trinajstić information content (AvgIpc) is 3.26. The van der Waals surface area contributed by atoms with Crippen LogP contribution in [0.25, 0.3) is 23.9 Å². The molecule has 0 bridgehead atoms. The zero-order valence-corrected chi connectivity index (χ0v) is 24.9. The molecule has 4 aromatic rings. The lowest BCUT2D eigenvalue weighted by Gasteiger charge is -2.25. The third-order valence-corrected chi connectivity index (χ3v) is 9.32. The van der Waals surface area contributed by atoms with Crippen LogP contribution in [0, 0.1) is 19.8 Å². The molecule has 1 fully saturated rings. The van der Waals surface area contributed by atoms with Crippen molar-refractivity contribution in [2.45, 2.75) is 84.7 Å². The SMILES string of the molecule is C=c1c2ccccc2c(=C)n1CCCCc1ccc(C)c(CN2CCCCCC(Cc3ccccc3C)CC2)c1. The lowest BCUT2D eigenvalue weighted by Crippen LogP contribution is -2.27. The molecular weight excluding hydrogens is 484 g/mol. The Morgan fingerprint density at radius 2 is 1.45 bits per heavy atom. The fourth-order valence-corrected chi connectivity index (χ4v) is 6.68. The first-order valence-electron chi connectivity index (χ1n) is 15.6. The summed E-state index contributed by atoms with van der Waals surface area (Å²) in [7, 11) is 0. The molecule has 2 heteroatoms. The normalized spacial score (nSPS) is 17.0. The van der Waals surface area contributed by atoms with Crippen molar-refractivity contribution in [3.8, 4) is 0 Å². The predicted octanol–water partition coefficient (Wildman–Crippen LogP) is 7.73. The van der Waals surface area contributed by atoms with Crippen molar-refractivity contribution in [2.75, 3.05) is 13.1 Å². The van der Waals surface area contributed by atoms with Gasteiger partial charge in [0.1, 0.15) is 0 Å². The van der Waals surface area contributed by atoms with E-state index in [1.54, 1.807) is 5.56 Å². The number of fused-ring (bicyclic) bond motifs is 1. The summed E-state index contributed by atoms with van der Waals surface area (Å²) in [6, 6.07) is 24.7. The first kappa shape index (κ1) is 28.4. The van der Waals surface area contributed by atoms with Crippen LogP contribution < -0.4 is 10.7 Å². The van der Waals surface area contributed by atoms with E-state index in [-0.39, 0.29) is 0 Å². The van der Waals surface area contributed by atoms with Gasteiger partial charge in [0.15, 0.2) is 0 Å². The van der Waals surface area contributed by atoms with Crippen molar-refractivity contribution in [2.24, 2.45) is 5.92 Å². The summed E-state index contributed by atoms with van der Waals surface area (Å²) in [5.41, 5.74) is 7.42. The second-order valence-electron chi connectivity index (χ2n) is 12.2. The van der Waals surface area contributed by atoms with Gasteiger partial charge in [0.25, 0.3) is 0 Å². The molecule has 0 amide bonds. The number of rotatable bonds is 9. The molecule has 1 aliphatic heterocycles. The first-order valence-corrected chi connectivity index (χ1v) is 15.6. The number of benzene rings is 3. The largest absolute Gasteiger partial charge is 0.341 e. The van der Waals surface area contributed by atoms with Crippen molar-refractivity contribution in [3.63, 3.8) is 0 Å². The number of nitrogens with zero attached hydrogens (tertiary/aromatic N) is 2. The Labute approximate surface area is 242 Å². The molecule has 210 valence electrons. The maximum absolute atomic E-state index is 4.35. The smallest absolute Gasteiger partial charge is 0.0418 e. The molecule has 2 heterocycles. The van der Waals surface area contributed by atoms with Crippen LogP contribution in [0.4, 0.5) is 0 Å². The number of aromatic nitrogens is 1. The lowest BCUT2D eigenvalue weighted by molar-refractivity contribution is 0.246. The van der Waals surface area contributed by atoms with Gasteiger partial charge in [0, 0.05) is 34.6 Å². The molecule has 2 nitrogen and oxygen atoms in total. The molecule has 1 aliphatic rings. The van der Waals surface area contributed by atoms with Crippen LogP contribution in [0.2, 0.25) is 0 Å². The van der Waals surface area contributed by atoms with Crippen molar-refractivity contribution in [1.82, 2.24) is 9.47 Å². The van der Waals surface area contributed by atoms with E-state index in [0.29, 0.717) is 0 Å². The minimum atomic E-state index is 0.796. The minimum Gasteiger partial charge on any atom is -0.341 e. The van der Waals surface area contributed by atoms with Crippen molar-refractivity contribution < 1.29 is 0 Å². The van der Waals surface area contributed by atoms with E-state index >= 15 is 0 Å². The van der Waals surface area contributed by atoms with Gasteiger partial charge >= 0.3 is 0 Å². The van der Waals surface area contributed by atoms with Gasteiger partial charge in [0.2, 0.25) is 0 Å². The molecular formula is C38H48N2. The topological polar surface area (TPSA) is 8.17 Å². The number of hydrogen-bond donors (Lipinski definition) is 0. The quantitative estimate of drug-likeness (QED) is 0.200. The Balaban J connectivity index is 1.17. The lowest BCUT2D eigenvalue weighted by atomic mass is 9.89. The van der Waals surface area contributed by atoms with Crippen LogP contribution in [0.5, 0.6) is 0 Å². The van der Waals surface area contributed by atoms with Crippen molar-refractivity contribution in [3.05, 3.63) is 105 Å². The van der Waals surface area contributed by atoms with E-state index < -0.39 is 0 Å². The van der Waals surface area contributed by atoms with Gasteiger partial charge in [-0.15, -0.1) is 0 Å². The molecule has 0 radical (unpaired) electrons. The number of unbranched alkanes of at least 4 members (excludes halogenated alkanes) is 1. The minimum absolute atomic E-state index is 0.796. The van der Waals surface area contributed by atoms with Gasteiger partial charge in [-0.2, -0.15) is 0 Å². The van der Waals surface area contributed by atoms with Crippen LogP contribution >= 0.6 is 0 Å². The Hall–Kier alpha value is -3.10.